The van der Waals surface area contributed by atoms with E-state index in [9.17, 15) is 8.42 Å². The summed E-state index contributed by atoms with van der Waals surface area (Å²) in [5.74, 6) is 0. The van der Waals surface area contributed by atoms with Crippen LogP contribution in [0.2, 0.25) is 0 Å². The van der Waals surface area contributed by atoms with Crippen molar-refractivity contribution in [3.8, 4) is 0 Å². The van der Waals surface area contributed by atoms with Crippen molar-refractivity contribution >= 4 is 10.0 Å². The molecule has 1 aromatic rings. The van der Waals surface area contributed by atoms with E-state index in [-0.39, 0.29) is 0 Å². The molecule has 1 aromatic heterocycles. The zero-order valence-corrected chi connectivity index (χ0v) is 11.5. The highest BCUT2D eigenvalue weighted by atomic mass is 32.2. The van der Waals surface area contributed by atoms with Gasteiger partial charge in [-0.2, -0.15) is 9.40 Å². The zero-order valence-electron chi connectivity index (χ0n) is 10.7. The van der Waals surface area contributed by atoms with E-state index >= 15 is 0 Å². The van der Waals surface area contributed by atoms with Gasteiger partial charge in [0.15, 0.2) is 0 Å². The number of sulfonamides is 1. The quantitative estimate of drug-likeness (QED) is 0.755. The number of hydrogen-bond acceptors (Lipinski definition) is 4. The van der Waals surface area contributed by atoms with Crippen molar-refractivity contribution in [3.05, 3.63) is 12.4 Å². The van der Waals surface area contributed by atoms with E-state index in [1.165, 1.54) is 6.20 Å². The lowest BCUT2D eigenvalue weighted by atomic mass is 10.4. The highest BCUT2D eigenvalue weighted by Crippen LogP contribution is 2.20. The van der Waals surface area contributed by atoms with Gasteiger partial charge in [0.25, 0.3) is 0 Å². The Morgan fingerprint density at radius 3 is 2.78 bits per heavy atom. The van der Waals surface area contributed by atoms with Gasteiger partial charge in [0, 0.05) is 25.8 Å². The Morgan fingerprint density at radius 1 is 1.39 bits per heavy atom. The minimum absolute atomic E-state index is 0.314. The van der Waals surface area contributed by atoms with Gasteiger partial charge >= 0.3 is 0 Å². The van der Waals surface area contributed by atoms with Crippen LogP contribution in [-0.2, 0) is 16.6 Å². The molecule has 1 N–H and O–H groups in total. The van der Waals surface area contributed by atoms with Gasteiger partial charge in [-0.1, -0.05) is 0 Å². The third-order valence-corrected chi connectivity index (χ3v) is 4.98. The van der Waals surface area contributed by atoms with Crippen molar-refractivity contribution in [3.63, 3.8) is 0 Å². The van der Waals surface area contributed by atoms with Gasteiger partial charge < -0.3 is 5.32 Å². The minimum atomic E-state index is -3.31. The van der Waals surface area contributed by atoms with Crippen LogP contribution in [0.4, 0.5) is 0 Å². The molecule has 6 nitrogen and oxygen atoms in total. The summed E-state index contributed by atoms with van der Waals surface area (Å²) in [6.07, 6.45) is 5.92. The largest absolute Gasteiger partial charge is 0.320 e. The van der Waals surface area contributed by atoms with Crippen LogP contribution in [0.1, 0.15) is 19.3 Å². The molecule has 0 aliphatic carbocycles. The molecule has 102 valence electrons. The first-order valence-electron chi connectivity index (χ1n) is 6.32. The molecule has 1 aliphatic heterocycles. The average Bonchev–Trinajstić information content (AvgIpc) is 3.01. The Balaban J connectivity index is 2.04. The molecule has 0 radical (unpaired) electrons. The fourth-order valence-corrected chi connectivity index (χ4v) is 3.57. The Morgan fingerprint density at radius 2 is 2.11 bits per heavy atom. The van der Waals surface area contributed by atoms with Gasteiger partial charge in [-0.3, -0.25) is 4.68 Å². The van der Waals surface area contributed by atoms with Gasteiger partial charge in [0.1, 0.15) is 4.90 Å². The van der Waals surface area contributed by atoms with Gasteiger partial charge in [-0.05, 0) is 32.9 Å². The Kier molecular flexibility index (Phi) is 4.36. The number of aryl methyl sites for hydroxylation is 1. The molecular weight excluding hydrogens is 252 g/mol. The third-order valence-electron chi connectivity index (χ3n) is 3.13. The summed E-state index contributed by atoms with van der Waals surface area (Å²) >= 11 is 0. The number of nitrogens with zero attached hydrogens (tertiary/aromatic N) is 3. The van der Waals surface area contributed by atoms with Gasteiger partial charge in [0.05, 0.1) is 6.20 Å². The lowest BCUT2D eigenvalue weighted by molar-refractivity contribution is 0.477. The summed E-state index contributed by atoms with van der Waals surface area (Å²) in [5, 5.41) is 7.16. The maximum atomic E-state index is 12.2. The van der Waals surface area contributed by atoms with E-state index in [4.69, 9.17) is 0 Å². The Bertz CT molecular complexity index is 477. The molecular formula is C11H20N4O2S. The summed E-state index contributed by atoms with van der Waals surface area (Å²) in [4.78, 5) is 0.314. The molecule has 2 rings (SSSR count). The van der Waals surface area contributed by atoms with E-state index in [1.54, 1.807) is 15.2 Å². The summed E-state index contributed by atoms with van der Waals surface area (Å²) in [5.41, 5.74) is 0. The standard InChI is InChI=1S/C11H20N4O2S/c1-12-5-4-6-14-10-11(9-13-14)18(16,17)15-7-2-3-8-15/h9-10,12H,2-8H2,1H3. The molecule has 1 aliphatic rings. The molecule has 0 amide bonds. The third kappa shape index (κ3) is 2.90. The Labute approximate surface area is 108 Å². The van der Waals surface area contributed by atoms with Crippen molar-refractivity contribution in [1.82, 2.24) is 19.4 Å². The molecule has 1 saturated heterocycles. The first-order chi connectivity index (χ1) is 8.64. The maximum Gasteiger partial charge on any atom is 0.246 e. The van der Waals surface area contributed by atoms with E-state index in [0.29, 0.717) is 18.0 Å². The van der Waals surface area contributed by atoms with E-state index in [0.717, 1.165) is 32.4 Å². The minimum Gasteiger partial charge on any atom is -0.320 e. The second-order valence-corrected chi connectivity index (χ2v) is 6.45. The van der Waals surface area contributed by atoms with Crippen LogP contribution in [0.3, 0.4) is 0 Å². The lowest BCUT2D eigenvalue weighted by Gasteiger charge is -2.13. The molecule has 0 aromatic carbocycles. The fourth-order valence-electron chi connectivity index (χ4n) is 2.10. The molecule has 0 bridgehead atoms. The normalized spacial score (nSPS) is 17.4. The van der Waals surface area contributed by atoms with Crippen LogP contribution in [0.5, 0.6) is 0 Å². The van der Waals surface area contributed by atoms with Gasteiger partial charge in [-0.25, -0.2) is 8.42 Å². The van der Waals surface area contributed by atoms with Crippen molar-refractivity contribution in [2.75, 3.05) is 26.7 Å². The molecule has 2 heterocycles. The predicted octanol–water partition coefficient (Wildman–Crippen LogP) is 0.277. The van der Waals surface area contributed by atoms with Crippen LogP contribution in [-0.4, -0.2) is 49.2 Å². The van der Waals surface area contributed by atoms with Gasteiger partial charge in [0.2, 0.25) is 10.0 Å². The maximum absolute atomic E-state index is 12.2. The average molecular weight is 272 g/mol. The van der Waals surface area contributed by atoms with E-state index in [1.807, 2.05) is 7.05 Å². The van der Waals surface area contributed by atoms with E-state index < -0.39 is 10.0 Å². The molecule has 0 saturated carbocycles. The molecule has 0 atom stereocenters. The summed E-state index contributed by atoms with van der Waals surface area (Å²) in [6.45, 7) is 2.89. The van der Waals surface area contributed by atoms with Crippen molar-refractivity contribution < 1.29 is 8.42 Å². The molecule has 7 heteroatoms. The van der Waals surface area contributed by atoms with Crippen LogP contribution in [0.15, 0.2) is 17.3 Å². The molecule has 18 heavy (non-hydrogen) atoms. The lowest BCUT2D eigenvalue weighted by Crippen LogP contribution is -2.27. The highest BCUT2D eigenvalue weighted by Gasteiger charge is 2.28. The van der Waals surface area contributed by atoms with Gasteiger partial charge in [-0.15, -0.1) is 0 Å². The monoisotopic (exact) mass is 272 g/mol. The second-order valence-electron chi connectivity index (χ2n) is 4.51. The predicted molar refractivity (Wildman–Crippen MR) is 68.8 cm³/mol. The number of rotatable bonds is 6. The van der Waals surface area contributed by atoms with Crippen LogP contribution >= 0.6 is 0 Å². The van der Waals surface area contributed by atoms with Crippen LogP contribution in [0, 0.1) is 0 Å². The highest BCUT2D eigenvalue weighted by molar-refractivity contribution is 7.89. The smallest absolute Gasteiger partial charge is 0.246 e. The zero-order chi connectivity index (χ0) is 13.0. The SMILES string of the molecule is CNCCCn1cc(S(=O)(=O)N2CCCC2)cn1. The van der Waals surface area contributed by atoms with Crippen LogP contribution < -0.4 is 5.32 Å². The first kappa shape index (κ1) is 13.5. The number of nitrogens with one attached hydrogen (secondary N) is 1. The first-order valence-corrected chi connectivity index (χ1v) is 7.76. The van der Waals surface area contributed by atoms with Crippen molar-refractivity contribution in [1.29, 1.82) is 0 Å². The summed E-state index contributed by atoms with van der Waals surface area (Å²) in [7, 11) is -1.42. The molecule has 0 spiro atoms. The summed E-state index contributed by atoms with van der Waals surface area (Å²) in [6, 6.07) is 0. The second kappa shape index (κ2) is 5.81. The van der Waals surface area contributed by atoms with E-state index in [2.05, 4.69) is 10.4 Å². The number of hydrogen-bond donors (Lipinski definition) is 1. The summed E-state index contributed by atoms with van der Waals surface area (Å²) < 4.78 is 27.7. The fraction of sp³-hybridized carbons (Fsp3) is 0.727. The van der Waals surface area contributed by atoms with Crippen LogP contribution in [0.25, 0.3) is 0 Å². The molecule has 0 unspecified atom stereocenters. The van der Waals surface area contributed by atoms with Crippen molar-refractivity contribution in [2.24, 2.45) is 0 Å². The van der Waals surface area contributed by atoms with Crippen molar-refractivity contribution in [2.45, 2.75) is 30.7 Å². The molecule has 1 fully saturated rings. The Hall–Kier alpha value is -0.920. The number of aromatic nitrogens is 2. The topological polar surface area (TPSA) is 67.2 Å².